The molecule has 3 N–H and O–H groups in total. The molecule has 0 amide bonds. The average molecular weight is 294 g/mol. The monoisotopic (exact) mass is 294 g/mol. The Labute approximate surface area is 111 Å². The first kappa shape index (κ1) is 14.1. The normalized spacial score (nSPS) is 24.4. The number of nitrogen functional groups attached to an aromatic ring is 1. The molecule has 8 heteroatoms. The van der Waals surface area contributed by atoms with Crippen LogP contribution in [0.5, 0.6) is 0 Å². The molecule has 4 nitrogen and oxygen atoms in total. The number of hydrogen-bond donors (Lipinski definition) is 2. The van der Waals surface area contributed by atoms with Gasteiger partial charge in [-0.1, -0.05) is 6.42 Å². The molecule has 1 aromatic rings. The van der Waals surface area contributed by atoms with Gasteiger partial charge in [-0.2, -0.15) is 13.2 Å². The summed E-state index contributed by atoms with van der Waals surface area (Å²) in [6.45, 7) is 0. The Kier molecular flexibility index (Phi) is 3.71. The minimum atomic E-state index is -4.20. The lowest BCUT2D eigenvalue weighted by Gasteiger charge is -2.29. The van der Waals surface area contributed by atoms with Gasteiger partial charge in [-0.3, -0.25) is 0 Å². The molecule has 1 aliphatic rings. The zero-order chi connectivity index (χ0) is 14.2. The van der Waals surface area contributed by atoms with Crippen LogP contribution in [0.15, 0.2) is 0 Å². The highest BCUT2D eigenvalue weighted by molar-refractivity contribution is 7.16. The number of halogens is 3. The number of hydrogen-bond acceptors (Lipinski definition) is 4. The maximum atomic E-state index is 12.7. The van der Waals surface area contributed by atoms with Gasteiger partial charge in [0.15, 0.2) is 5.69 Å². The minimum Gasteiger partial charge on any atom is -0.476 e. The highest BCUT2D eigenvalue weighted by Gasteiger charge is 2.43. The van der Waals surface area contributed by atoms with Crippen LogP contribution >= 0.6 is 11.3 Å². The predicted octanol–water partition coefficient (Wildman–Crippen LogP) is 3.26. The first-order chi connectivity index (χ1) is 8.79. The SMILES string of the molecule is Nc1sc(C2CCCC(C(F)(F)F)C2)nc1C(=O)O. The van der Waals surface area contributed by atoms with E-state index < -0.39 is 18.1 Å². The van der Waals surface area contributed by atoms with Gasteiger partial charge < -0.3 is 10.8 Å². The Morgan fingerprint density at radius 1 is 1.42 bits per heavy atom. The standard InChI is InChI=1S/C11H13F3N2O2S/c12-11(13,14)6-3-1-2-5(4-6)9-16-7(10(17)18)8(15)19-9/h5-6H,1-4,15H2,(H,17,18). The summed E-state index contributed by atoms with van der Waals surface area (Å²) in [6.07, 6.45) is -3.03. The van der Waals surface area contributed by atoms with Crippen LogP contribution in [0.2, 0.25) is 0 Å². The molecule has 0 aliphatic heterocycles. The fraction of sp³-hybridized carbons (Fsp3) is 0.636. The van der Waals surface area contributed by atoms with Crippen LogP contribution in [-0.2, 0) is 0 Å². The van der Waals surface area contributed by atoms with Crippen molar-refractivity contribution in [3.05, 3.63) is 10.7 Å². The summed E-state index contributed by atoms with van der Waals surface area (Å²) in [4.78, 5) is 14.7. The third-order valence-electron chi connectivity index (χ3n) is 3.36. The van der Waals surface area contributed by atoms with Crippen LogP contribution in [-0.4, -0.2) is 22.2 Å². The molecule has 1 aromatic heterocycles. The van der Waals surface area contributed by atoms with E-state index in [1.165, 1.54) is 0 Å². The van der Waals surface area contributed by atoms with E-state index in [9.17, 15) is 18.0 Å². The predicted molar refractivity (Wildman–Crippen MR) is 64.2 cm³/mol. The van der Waals surface area contributed by atoms with Crippen molar-refractivity contribution < 1.29 is 23.1 Å². The molecule has 19 heavy (non-hydrogen) atoms. The number of carboxylic acids is 1. The summed E-state index contributed by atoms with van der Waals surface area (Å²) in [5.74, 6) is -2.92. The Hall–Kier alpha value is -1.31. The molecule has 0 bridgehead atoms. The molecule has 0 aromatic carbocycles. The number of aromatic carboxylic acids is 1. The van der Waals surface area contributed by atoms with Crippen LogP contribution in [0.25, 0.3) is 0 Å². The largest absolute Gasteiger partial charge is 0.476 e. The fourth-order valence-corrected chi connectivity index (χ4v) is 3.36. The van der Waals surface area contributed by atoms with Crippen molar-refractivity contribution in [3.63, 3.8) is 0 Å². The Balaban J connectivity index is 2.18. The second-order valence-electron chi connectivity index (χ2n) is 4.67. The number of aromatic nitrogens is 1. The zero-order valence-electron chi connectivity index (χ0n) is 9.91. The van der Waals surface area contributed by atoms with Crippen molar-refractivity contribution in [1.82, 2.24) is 4.98 Å². The van der Waals surface area contributed by atoms with E-state index in [1.54, 1.807) is 0 Å². The van der Waals surface area contributed by atoms with Gasteiger partial charge in [0.25, 0.3) is 0 Å². The molecule has 0 radical (unpaired) electrons. The number of nitrogens with zero attached hydrogens (tertiary/aromatic N) is 1. The van der Waals surface area contributed by atoms with Gasteiger partial charge in [0, 0.05) is 5.92 Å². The molecule has 0 saturated heterocycles. The Bertz CT molecular complexity index is 487. The average Bonchev–Trinajstić information content (AvgIpc) is 2.70. The third-order valence-corrected chi connectivity index (χ3v) is 4.41. The first-order valence-electron chi connectivity index (χ1n) is 5.85. The summed E-state index contributed by atoms with van der Waals surface area (Å²) in [5, 5.41) is 9.30. The van der Waals surface area contributed by atoms with E-state index in [0.717, 1.165) is 11.3 Å². The smallest absolute Gasteiger partial charge is 0.391 e. The van der Waals surface area contributed by atoms with E-state index in [0.29, 0.717) is 17.8 Å². The summed E-state index contributed by atoms with van der Waals surface area (Å²) in [7, 11) is 0. The summed E-state index contributed by atoms with van der Waals surface area (Å²) >= 11 is 0.980. The lowest BCUT2D eigenvalue weighted by atomic mass is 9.81. The highest BCUT2D eigenvalue weighted by atomic mass is 32.1. The number of alkyl halides is 3. The molecule has 1 aliphatic carbocycles. The van der Waals surface area contributed by atoms with Crippen LogP contribution in [0.1, 0.15) is 47.1 Å². The molecule has 106 valence electrons. The zero-order valence-corrected chi connectivity index (χ0v) is 10.7. The lowest BCUT2D eigenvalue weighted by molar-refractivity contribution is -0.183. The maximum Gasteiger partial charge on any atom is 0.391 e. The minimum absolute atomic E-state index is 0.0322. The van der Waals surface area contributed by atoms with Gasteiger partial charge in [-0.25, -0.2) is 9.78 Å². The van der Waals surface area contributed by atoms with Gasteiger partial charge in [-0.15, -0.1) is 11.3 Å². The second-order valence-corrected chi connectivity index (χ2v) is 5.73. The second kappa shape index (κ2) is 4.99. The fourth-order valence-electron chi connectivity index (χ4n) is 2.39. The summed E-state index contributed by atoms with van der Waals surface area (Å²) in [5.41, 5.74) is 5.27. The maximum absolute atomic E-state index is 12.7. The molecule has 0 spiro atoms. The van der Waals surface area contributed by atoms with E-state index in [4.69, 9.17) is 10.8 Å². The molecule has 2 atom stereocenters. The van der Waals surface area contributed by atoms with Crippen molar-refractivity contribution in [2.24, 2.45) is 5.92 Å². The number of rotatable bonds is 2. The summed E-state index contributed by atoms with van der Waals surface area (Å²) < 4.78 is 38.1. The number of nitrogens with two attached hydrogens (primary N) is 1. The molecular weight excluding hydrogens is 281 g/mol. The van der Waals surface area contributed by atoms with Gasteiger partial charge >= 0.3 is 12.1 Å². The van der Waals surface area contributed by atoms with Crippen molar-refractivity contribution in [2.75, 3.05) is 5.73 Å². The Morgan fingerprint density at radius 2 is 2.11 bits per heavy atom. The van der Waals surface area contributed by atoms with Gasteiger partial charge in [0.05, 0.1) is 10.9 Å². The Morgan fingerprint density at radius 3 is 2.63 bits per heavy atom. The number of carbonyl (C=O) groups is 1. The molecule has 1 saturated carbocycles. The molecule has 2 unspecified atom stereocenters. The molecule has 1 fully saturated rings. The lowest BCUT2D eigenvalue weighted by Crippen LogP contribution is -2.28. The highest BCUT2D eigenvalue weighted by Crippen LogP contribution is 2.45. The van der Waals surface area contributed by atoms with Gasteiger partial charge in [0.2, 0.25) is 0 Å². The van der Waals surface area contributed by atoms with E-state index in [2.05, 4.69) is 4.98 Å². The van der Waals surface area contributed by atoms with Crippen molar-refractivity contribution in [3.8, 4) is 0 Å². The number of thiazole rings is 1. The molecule has 2 rings (SSSR count). The number of carboxylic acid groups (broad SMARTS) is 1. The quantitative estimate of drug-likeness (QED) is 0.877. The van der Waals surface area contributed by atoms with Crippen LogP contribution < -0.4 is 5.73 Å². The molecular formula is C11H13F3N2O2S. The topological polar surface area (TPSA) is 76.2 Å². The first-order valence-corrected chi connectivity index (χ1v) is 6.67. The van der Waals surface area contributed by atoms with Crippen LogP contribution in [0.4, 0.5) is 18.2 Å². The number of anilines is 1. The van der Waals surface area contributed by atoms with E-state index >= 15 is 0 Å². The van der Waals surface area contributed by atoms with E-state index in [1.807, 2.05) is 0 Å². The van der Waals surface area contributed by atoms with Crippen molar-refractivity contribution >= 4 is 22.3 Å². The van der Waals surface area contributed by atoms with Crippen molar-refractivity contribution in [2.45, 2.75) is 37.8 Å². The molecule has 1 heterocycles. The van der Waals surface area contributed by atoms with E-state index in [-0.39, 0.29) is 29.5 Å². The van der Waals surface area contributed by atoms with Gasteiger partial charge in [-0.05, 0) is 19.3 Å². The van der Waals surface area contributed by atoms with Gasteiger partial charge in [0.1, 0.15) is 5.00 Å². The third kappa shape index (κ3) is 2.99. The van der Waals surface area contributed by atoms with Crippen molar-refractivity contribution in [1.29, 1.82) is 0 Å². The summed E-state index contributed by atoms with van der Waals surface area (Å²) in [6, 6.07) is 0. The van der Waals surface area contributed by atoms with Crippen LogP contribution in [0, 0.1) is 5.92 Å². The van der Waals surface area contributed by atoms with Crippen LogP contribution in [0.3, 0.4) is 0 Å².